The summed E-state index contributed by atoms with van der Waals surface area (Å²) in [5.41, 5.74) is 0.506. The number of hydrogen-bond donors (Lipinski definition) is 0. The average molecular weight is 239 g/mol. The van der Waals surface area contributed by atoms with Gasteiger partial charge in [0.25, 0.3) is 5.91 Å². The second-order valence-electron chi connectivity index (χ2n) is 4.13. The van der Waals surface area contributed by atoms with Gasteiger partial charge in [0.15, 0.2) is 0 Å². The van der Waals surface area contributed by atoms with Crippen LogP contribution in [0.1, 0.15) is 30.1 Å². The Kier molecular flexibility index (Phi) is 3.44. The van der Waals surface area contributed by atoms with E-state index in [1.165, 1.54) is 12.8 Å². The lowest BCUT2D eigenvalue weighted by Gasteiger charge is -2.20. The molecule has 0 spiro atoms. The fraction of sp³-hybridized carbons (Fsp3) is 0.500. The van der Waals surface area contributed by atoms with Gasteiger partial charge in [-0.15, -0.1) is 0 Å². The van der Waals surface area contributed by atoms with Crippen molar-refractivity contribution in [3.63, 3.8) is 0 Å². The predicted octanol–water partition coefficient (Wildman–Crippen LogP) is 2.61. The van der Waals surface area contributed by atoms with Gasteiger partial charge >= 0.3 is 0 Å². The third-order valence-corrected chi connectivity index (χ3v) is 3.14. The number of halogens is 1. The fourth-order valence-electron chi connectivity index (χ4n) is 1.68. The molecule has 0 unspecified atom stereocenters. The minimum atomic E-state index is -0.00694. The Morgan fingerprint density at radius 3 is 2.94 bits per heavy atom. The Morgan fingerprint density at radius 1 is 1.62 bits per heavy atom. The van der Waals surface area contributed by atoms with Gasteiger partial charge in [0, 0.05) is 19.3 Å². The molecule has 1 aromatic heterocycles. The van der Waals surface area contributed by atoms with Gasteiger partial charge < -0.3 is 4.90 Å². The summed E-state index contributed by atoms with van der Waals surface area (Å²) >= 11 is 5.91. The summed E-state index contributed by atoms with van der Waals surface area (Å²) < 4.78 is 0. The molecular weight excluding hydrogens is 224 g/mol. The highest BCUT2D eigenvalue weighted by molar-refractivity contribution is 6.32. The van der Waals surface area contributed by atoms with Crippen LogP contribution in [0.25, 0.3) is 0 Å². The maximum Gasteiger partial charge on any atom is 0.256 e. The minimum absolute atomic E-state index is 0.00694. The van der Waals surface area contributed by atoms with Crippen LogP contribution in [-0.4, -0.2) is 28.9 Å². The van der Waals surface area contributed by atoms with E-state index in [4.69, 9.17) is 11.6 Å². The van der Waals surface area contributed by atoms with Crippen molar-refractivity contribution in [2.24, 2.45) is 5.92 Å². The first-order valence-corrected chi connectivity index (χ1v) is 6.00. The van der Waals surface area contributed by atoms with E-state index < -0.39 is 0 Å². The molecule has 1 heterocycles. The zero-order chi connectivity index (χ0) is 11.5. The molecule has 0 bridgehead atoms. The average Bonchev–Trinajstić information content (AvgIpc) is 3.09. The topological polar surface area (TPSA) is 33.2 Å². The molecule has 0 atom stereocenters. The molecule has 1 amide bonds. The van der Waals surface area contributed by atoms with E-state index in [0.29, 0.717) is 16.6 Å². The number of carbonyl (C=O) groups is 1. The standard InChI is InChI=1S/C12H15ClN2O/c1-2-15(8-9-5-6-9)12(16)10-4-3-7-14-11(10)13/h3-4,7,9H,2,5-6,8H2,1H3. The summed E-state index contributed by atoms with van der Waals surface area (Å²) in [7, 11) is 0. The number of hydrogen-bond acceptors (Lipinski definition) is 2. The summed E-state index contributed by atoms with van der Waals surface area (Å²) in [5, 5.41) is 0.293. The van der Waals surface area contributed by atoms with Crippen LogP contribution in [0.2, 0.25) is 5.15 Å². The van der Waals surface area contributed by atoms with Crippen LogP contribution < -0.4 is 0 Å². The predicted molar refractivity (Wildman–Crippen MR) is 63.5 cm³/mol. The van der Waals surface area contributed by atoms with E-state index in [1.807, 2.05) is 11.8 Å². The van der Waals surface area contributed by atoms with E-state index >= 15 is 0 Å². The molecule has 1 fully saturated rings. The van der Waals surface area contributed by atoms with Crippen molar-refractivity contribution < 1.29 is 4.79 Å². The molecule has 16 heavy (non-hydrogen) atoms. The SMILES string of the molecule is CCN(CC1CC1)C(=O)c1cccnc1Cl. The molecule has 1 aliphatic rings. The first kappa shape index (κ1) is 11.4. The molecule has 86 valence electrons. The number of rotatable bonds is 4. The van der Waals surface area contributed by atoms with Gasteiger partial charge in [0.2, 0.25) is 0 Å². The molecule has 2 rings (SSSR count). The molecular formula is C12H15ClN2O. The number of aromatic nitrogens is 1. The molecule has 0 N–H and O–H groups in total. The molecule has 0 aromatic carbocycles. The van der Waals surface area contributed by atoms with Crippen molar-refractivity contribution in [3.8, 4) is 0 Å². The minimum Gasteiger partial charge on any atom is -0.339 e. The van der Waals surface area contributed by atoms with E-state index in [-0.39, 0.29) is 5.91 Å². The summed E-state index contributed by atoms with van der Waals surface area (Å²) in [6.45, 7) is 3.56. The van der Waals surface area contributed by atoms with Gasteiger partial charge in [-0.3, -0.25) is 4.79 Å². The highest BCUT2D eigenvalue weighted by Crippen LogP contribution is 2.30. The molecule has 4 heteroatoms. The van der Waals surface area contributed by atoms with Crippen LogP contribution in [0.5, 0.6) is 0 Å². The Balaban J connectivity index is 2.12. The number of amides is 1. The molecule has 1 saturated carbocycles. The smallest absolute Gasteiger partial charge is 0.256 e. The molecule has 0 radical (unpaired) electrons. The molecule has 1 aromatic rings. The van der Waals surface area contributed by atoms with Gasteiger partial charge in [0.05, 0.1) is 5.56 Å². The van der Waals surface area contributed by atoms with Gasteiger partial charge in [0.1, 0.15) is 5.15 Å². The van der Waals surface area contributed by atoms with Crippen LogP contribution in [0.3, 0.4) is 0 Å². The monoisotopic (exact) mass is 238 g/mol. The van der Waals surface area contributed by atoms with Crippen LogP contribution in [0.15, 0.2) is 18.3 Å². The van der Waals surface area contributed by atoms with Crippen molar-refractivity contribution in [2.75, 3.05) is 13.1 Å². The molecule has 1 aliphatic carbocycles. The maximum absolute atomic E-state index is 12.2. The van der Waals surface area contributed by atoms with Gasteiger partial charge in [-0.1, -0.05) is 11.6 Å². The summed E-state index contributed by atoms with van der Waals surface area (Å²) in [5.74, 6) is 0.687. The van der Waals surface area contributed by atoms with Crippen LogP contribution in [0.4, 0.5) is 0 Å². The lowest BCUT2D eigenvalue weighted by atomic mass is 10.2. The van der Waals surface area contributed by atoms with Crippen molar-refractivity contribution in [1.82, 2.24) is 9.88 Å². The second-order valence-corrected chi connectivity index (χ2v) is 4.49. The quantitative estimate of drug-likeness (QED) is 0.756. The Bertz CT molecular complexity index is 390. The lowest BCUT2D eigenvalue weighted by Crippen LogP contribution is -2.33. The van der Waals surface area contributed by atoms with Crippen LogP contribution in [0, 0.1) is 5.92 Å². The maximum atomic E-state index is 12.2. The molecule has 3 nitrogen and oxygen atoms in total. The number of pyridine rings is 1. The normalized spacial score (nSPS) is 14.9. The molecule has 0 saturated heterocycles. The first-order chi connectivity index (χ1) is 7.72. The Hall–Kier alpha value is -1.09. The van der Waals surface area contributed by atoms with Crippen LogP contribution in [-0.2, 0) is 0 Å². The zero-order valence-electron chi connectivity index (χ0n) is 9.32. The Morgan fingerprint density at radius 2 is 2.38 bits per heavy atom. The van der Waals surface area contributed by atoms with Crippen LogP contribution >= 0.6 is 11.6 Å². The third kappa shape index (κ3) is 2.53. The van der Waals surface area contributed by atoms with E-state index in [9.17, 15) is 4.79 Å². The lowest BCUT2D eigenvalue weighted by molar-refractivity contribution is 0.0756. The highest BCUT2D eigenvalue weighted by atomic mass is 35.5. The summed E-state index contributed by atoms with van der Waals surface area (Å²) in [6, 6.07) is 3.47. The number of carbonyl (C=O) groups excluding carboxylic acids is 1. The fourth-order valence-corrected chi connectivity index (χ4v) is 1.88. The Labute approximate surface area is 100 Å². The van der Waals surface area contributed by atoms with E-state index in [0.717, 1.165) is 13.1 Å². The van der Waals surface area contributed by atoms with E-state index in [2.05, 4.69) is 4.98 Å². The van der Waals surface area contributed by atoms with Crippen molar-refractivity contribution >= 4 is 17.5 Å². The number of nitrogens with zero attached hydrogens (tertiary/aromatic N) is 2. The third-order valence-electron chi connectivity index (χ3n) is 2.83. The van der Waals surface area contributed by atoms with Crippen molar-refractivity contribution in [2.45, 2.75) is 19.8 Å². The highest BCUT2D eigenvalue weighted by Gasteiger charge is 2.27. The van der Waals surface area contributed by atoms with Gasteiger partial charge in [-0.25, -0.2) is 4.98 Å². The van der Waals surface area contributed by atoms with Crippen molar-refractivity contribution in [3.05, 3.63) is 29.0 Å². The van der Waals surface area contributed by atoms with Gasteiger partial charge in [-0.2, -0.15) is 0 Å². The van der Waals surface area contributed by atoms with E-state index in [1.54, 1.807) is 18.3 Å². The summed E-state index contributed by atoms with van der Waals surface area (Å²) in [4.78, 5) is 17.9. The van der Waals surface area contributed by atoms with Crippen molar-refractivity contribution in [1.29, 1.82) is 0 Å². The largest absolute Gasteiger partial charge is 0.339 e. The first-order valence-electron chi connectivity index (χ1n) is 5.62. The zero-order valence-corrected chi connectivity index (χ0v) is 10.1. The second kappa shape index (κ2) is 4.83. The summed E-state index contributed by atoms with van der Waals surface area (Å²) in [6.07, 6.45) is 4.07. The van der Waals surface area contributed by atoms with Gasteiger partial charge in [-0.05, 0) is 37.8 Å². The molecule has 0 aliphatic heterocycles.